The molecule has 1 aliphatic heterocycles. The smallest absolute Gasteiger partial charge is 0.250 e. The molecule has 0 radical (unpaired) electrons. The number of benzene rings is 1. The largest absolute Gasteiger partial charge is 0.493 e. The minimum absolute atomic E-state index is 0. The second-order valence-corrected chi connectivity index (χ2v) is 7.34. The van der Waals surface area contributed by atoms with Crippen molar-refractivity contribution in [2.45, 2.75) is 46.1 Å². The van der Waals surface area contributed by atoms with E-state index in [-0.39, 0.29) is 29.5 Å². The summed E-state index contributed by atoms with van der Waals surface area (Å²) >= 11 is 0. The molecule has 2 heterocycles. The lowest BCUT2D eigenvalue weighted by atomic mass is 10.1. The molecule has 0 spiro atoms. The maximum absolute atomic E-state index is 11.9. The molecule has 1 aromatic carbocycles. The standard InChI is InChI=1S/C23H32N4O2.HI/c1-3-24-23(25-13-4-5-15-27-18(2)7-6-8-22(27)28)26-14-11-19-9-10-21-20(17-19)12-16-29-21;/h6-10,17H,3-5,11-16H2,1-2H3,(H2,24,25,26);1H. The lowest BCUT2D eigenvalue weighted by molar-refractivity contribution is 0.357. The van der Waals surface area contributed by atoms with Gasteiger partial charge in [0.05, 0.1) is 6.61 Å². The molecule has 0 aliphatic carbocycles. The van der Waals surface area contributed by atoms with E-state index >= 15 is 0 Å². The van der Waals surface area contributed by atoms with Crippen LogP contribution in [0.3, 0.4) is 0 Å². The fraction of sp³-hybridized carbons (Fsp3) is 0.478. The molecule has 30 heavy (non-hydrogen) atoms. The van der Waals surface area contributed by atoms with Gasteiger partial charge in [-0.05, 0) is 56.4 Å². The second kappa shape index (κ2) is 12.6. The summed E-state index contributed by atoms with van der Waals surface area (Å²) in [5.74, 6) is 1.88. The molecule has 7 heteroatoms. The van der Waals surface area contributed by atoms with Gasteiger partial charge in [0.2, 0.25) is 0 Å². The third-order valence-electron chi connectivity index (χ3n) is 5.13. The van der Waals surface area contributed by atoms with Crippen molar-refractivity contribution in [1.29, 1.82) is 0 Å². The number of fused-ring (bicyclic) bond motifs is 1. The van der Waals surface area contributed by atoms with E-state index in [0.717, 1.165) is 75.9 Å². The molecule has 3 rings (SSSR count). The Morgan fingerprint density at radius 2 is 2.07 bits per heavy atom. The van der Waals surface area contributed by atoms with Crippen molar-refractivity contribution in [3.8, 4) is 5.75 Å². The number of aromatic nitrogens is 1. The first-order chi connectivity index (χ1) is 14.2. The highest BCUT2D eigenvalue weighted by Gasteiger charge is 2.11. The molecule has 1 aromatic heterocycles. The predicted molar refractivity (Wildman–Crippen MR) is 133 cm³/mol. The number of guanidine groups is 1. The number of hydrogen-bond donors (Lipinski definition) is 2. The summed E-state index contributed by atoms with van der Waals surface area (Å²) in [7, 11) is 0. The summed E-state index contributed by atoms with van der Waals surface area (Å²) < 4.78 is 7.40. The molecule has 0 atom stereocenters. The van der Waals surface area contributed by atoms with Crippen molar-refractivity contribution < 1.29 is 4.74 Å². The zero-order valence-corrected chi connectivity index (χ0v) is 20.3. The van der Waals surface area contributed by atoms with Crippen LogP contribution in [0.1, 0.15) is 36.6 Å². The van der Waals surface area contributed by atoms with Crippen molar-refractivity contribution in [2.75, 3.05) is 26.2 Å². The highest BCUT2D eigenvalue weighted by molar-refractivity contribution is 14.0. The Morgan fingerprint density at radius 1 is 1.20 bits per heavy atom. The van der Waals surface area contributed by atoms with E-state index in [0.29, 0.717) is 0 Å². The van der Waals surface area contributed by atoms with Crippen LogP contribution < -0.4 is 20.9 Å². The monoisotopic (exact) mass is 524 g/mol. The quantitative estimate of drug-likeness (QED) is 0.229. The van der Waals surface area contributed by atoms with Crippen molar-refractivity contribution in [1.82, 2.24) is 15.2 Å². The fourth-order valence-corrected chi connectivity index (χ4v) is 3.54. The molecule has 1 aliphatic rings. The molecule has 6 nitrogen and oxygen atoms in total. The summed E-state index contributed by atoms with van der Waals surface area (Å²) in [5.41, 5.74) is 3.72. The average molecular weight is 524 g/mol. The van der Waals surface area contributed by atoms with Gasteiger partial charge in [0, 0.05) is 44.4 Å². The van der Waals surface area contributed by atoms with E-state index in [4.69, 9.17) is 4.74 Å². The third kappa shape index (κ3) is 7.04. The Labute approximate surface area is 196 Å². The normalized spacial score (nSPS) is 12.7. The number of aryl methyl sites for hydroxylation is 1. The van der Waals surface area contributed by atoms with Crippen molar-refractivity contribution in [3.63, 3.8) is 0 Å². The number of halogens is 1. The van der Waals surface area contributed by atoms with Gasteiger partial charge in [-0.1, -0.05) is 18.2 Å². The van der Waals surface area contributed by atoms with E-state index in [1.165, 1.54) is 11.1 Å². The summed E-state index contributed by atoms with van der Waals surface area (Å²) in [5, 5.41) is 6.72. The maximum atomic E-state index is 11.9. The third-order valence-corrected chi connectivity index (χ3v) is 5.13. The van der Waals surface area contributed by atoms with Crippen LogP contribution in [0.2, 0.25) is 0 Å². The van der Waals surface area contributed by atoms with E-state index in [9.17, 15) is 4.79 Å². The van der Waals surface area contributed by atoms with Crippen LogP contribution in [0.5, 0.6) is 5.75 Å². The van der Waals surface area contributed by atoms with Crippen LogP contribution in [-0.2, 0) is 19.4 Å². The molecule has 164 valence electrons. The maximum Gasteiger partial charge on any atom is 0.250 e. The summed E-state index contributed by atoms with van der Waals surface area (Å²) in [6.07, 6.45) is 3.84. The Morgan fingerprint density at radius 3 is 2.87 bits per heavy atom. The van der Waals surface area contributed by atoms with Gasteiger partial charge in [0.1, 0.15) is 5.75 Å². The Kier molecular flexibility index (Phi) is 10.2. The van der Waals surface area contributed by atoms with Gasteiger partial charge in [0.15, 0.2) is 5.96 Å². The predicted octanol–water partition coefficient (Wildman–Crippen LogP) is 3.29. The molecule has 0 saturated heterocycles. The van der Waals surface area contributed by atoms with Gasteiger partial charge in [-0.15, -0.1) is 24.0 Å². The van der Waals surface area contributed by atoms with Crippen LogP contribution in [0, 0.1) is 6.92 Å². The minimum Gasteiger partial charge on any atom is -0.493 e. The number of aliphatic imine (C=N–C) groups is 1. The van der Waals surface area contributed by atoms with Gasteiger partial charge < -0.3 is 19.9 Å². The van der Waals surface area contributed by atoms with Crippen molar-refractivity contribution in [3.05, 3.63) is 63.6 Å². The number of ether oxygens (including phenoxy) is 1. The second-order valence-electron chi connectivity index (χ2n) is 7.34. The molecule has 0 fully saturated rings. The van der Waals surface area contributed by atoms with E-state index in [2.05, 4.69) is 40.7 Å². The number of nitrogens with zero attached hydrogens (tertiary/aromatic N) is 2. The van der Waals surface area contributed by atoms with E-state index < -0.39 is 0 Å². The van der Waals surface area contributed by atoms with Crippen molar-refractivity contribution >= 4 is 29.9 Å². The topological polar surface area (TPSA) is 67.7 Å². The zero-order chi connectivity index (χ0) is 20.5. The van der Waals surface area contributed by atoms with E-state index in [1.54, 1.807) is 6.07 Å². The first kappa shape index (κ1) is 24.2. The molecular formula is C23H33IN4O2. The van der Waals surface area contributed by atoms with Crippen molar-refractivity contribution in [2.24, 2.45) is 4.99 Å². The van der Waals surface area contributed by atoms with E-state index in [1.807, 2.05) is 23.6 Å². The zero-order valence-electron chi connectivity index (χ0n) is 17.9. The highest BCUT2D eigenvalue weighted by Crippen LogP contribution is 2.25. The van der Waals surface area contributed by atoms with Crippen LogP contribution in [0.15, 0.2) is 46.2 Å². The molecule has 0 unspecified atom stereocenters. The van der Waals surface area contributed by atoms with Gasteiger partial charge in [-0.25, -0.2) is 0 Å². The molecule has 0 amide bonds. The summed E-state index contributed by atoms with van der Waals surface area (Å²) in [6, 6.07) is 11.9. The number of unbranched alkanes of at least 4 members (excludes halogenated alkanes) is 1. The van der Waals surface area contributed by atoms with Crippen LogP contribution >= 0.6 is 24.0 Å². The van der Waals surface area contributed by atoms with Gasteiger partial charge in [0.25, 0.3) is 5.56 Å². The molecule has 2 aromatic rings. The number of nitrogens with one attached hydrogen (secondary N) is 2. The number of hydrogen-bond acceptors (Lipinski definition) is 3. The molecule has 0 saturated carbocycles. The Balaban J connectivity index is 0.00000320. The number of pyridine rings is 1. The lowest BCUT2D eigenvalue weighted by Crippen LogP contribution is -2.38. The van der Waals surface area contributed by atoms with Gasteiger partial charge >= 0.3 is 0 Å². The minimum atomic E-state index is 0. The first-order valence-electron chi connectivity index (χ1n) is 10.6. The molecular weight excluding hydrogens is 491 g/mol. The van der Waals surface area contributed by atoms with Crippen LogP contribution in [0.4, 0.5) is 0 Å². The molecule has 0 bridgehead atoms. The van der Waals surface area contributed by atoms with Crippen LogP contribution in [-0.4, -0.2) is 36.8 Å². The number of rotatable bonds is 9. The van der Waals surface area contributed by atoms with Gasteiger partial charge in [-0.3, -0.25) is 9.79 Å². The SMILES string of the molecule is CCNC(=NCCCCn1c(C)cccc1=O)NCCc1ccc2c(c1)CCO2.I. The first-order valence-corrected chi connectivity index (χ1v) is 10.6. The van der Waals surface area contributed by atoms with Gasteiger partial charge in [-0.2, -0.15) is 0 Å². The highest BCUT2D eigenvalue weighted by atomic mass is 127. The van der Waals surface area contributed by atoms with Crippen LogP contribution in [0.25, 0.3) is 0 Å². The fourth-order valence-electron chi connectivity index (χ4n) is 3.54. The molecule has 2 N–H and O–H groups in total. The lowest BCUT2D eigenvalue weighted by Gasteiger charge is -2.12. The Bertz CT molecular complexity index is 895. The summed E-state index contributed by atoms with van der Waals surface area (Å²) in [6.45, 7) is 8.00. The summed E-state index contributed by atoms with van der Waals surface area (Å²) in [4.78, 5) is 16.6. The Hall–Kier alpha value is -2.03. The average Bonchev–Trinajstić information content (AvgIpc) is 3.17.